The van der Waals surface area contributed by atoms with E-state index >= 15 is 0 Å². The van der Waals surface area contributed by atoms with Gasteiger partial charge >= 0.3 is 0 Å². The van der Waals surface area contributed by atoms with Crippen LogP contribution in [0.5, 0.6) is 11.5 Å². The Morgan fingerprint density at radius 3 is 2.22 bits per heavy atom. The standard InChI is InChI=1S/C14H23NO3/c1-3-16-11-9-15-10-12-18-14-8-6-5-7-13(14)17-4-2/h5-8,15H,3-4,9-12H2,1-2H3. The summed E-state index contributed by atoms with van der Waals surface area (Å²) in [5.74, 6) is 1.60. The van der Waals surface area contributed by atoms with Crippen LogP contribution >= 0.6 is 0 Å². The number of hydrogen-bond donors (Lipinski definition) is 1. The molecule has 4 heteroatoms. The summed E-state index contributed by atoms with van der Waals surface area (Å²) in [7, 11) is 0. The topological polar surface area (TPSA) is 39.7 Å². The highest BCUT2D eigenvalue weighted by Gasteiger charge is 2.02. The maximum absolute atomic E-state index is 5.67. The molecule has 0 bridgehead atoms. The van der Waals surface area contributed by atoms with Gasteiger partial charge in [0.15, 0.2) is 11.5 Å². The van der Waals surface area contributed by atoms with Crippen LogP contribution in [0.1, 0.15) is 13.8 Å². The zero-order valence-corrected chi connectivity index (χ0v) is 11.3. The van der Waals surface area contributed by atoms with E-state index in [1.807, 2.05) is 38.1 Å². The van der Waals surface area contributed by atoms with Gasteiger partial charge in [0.2, 0.25) is 0 Å². The number of para-hydroxylation sites is 2. The first-order valence-corrected chi connectivity index (χ1v) is 6.51. The maximum atomic E-state index is 5.67. The van der Waals surface area contributed by atoms with Crippen molar-refractivity contribution < 1.29 is 14.2 Å². The molecule has 0 amide bonds. The maximum Gasteiger partial charge on any atom is 0.161 e. The SMILES string of the molecule is CCOCCNCCOc1ccccc1OCC. The highest BCUT2D eigenvalue weighted by Crippen LogP contribution is 2.25. The van der Waals surface area contributed by atoms with Crippen molar-refractivity contribution >= 4 is 0 Å². The largest absolute Gasteiger partial charge is 0.490 e. The van der Waals surface area contributed by atoms with Crippen LogP contribution in [-0.4, -0.2) is 39.5 Å². The zero-order valence-electron chi connectivity index (χ0n) is 11.3. The Labute approximate surface area is 109 Å². The fraction of sp³-hybridized carbons (Fsp3) is 0.571. The van der Waals surface area contributed by atoms with Gasteiger partial charge in [-0.15, -0.1) is 0 Å². The summed E-state index contributed by atoms with van der Waals surface area (Å²) in [6.45, 7) is 8.38. The lowest BCUT2D eigenvalue weighted by Crippen LogP contribution is -2.25. The molecule has 18 heavy (non-hydrogen) atoms. The molecular weight excluding hydrogens is 230 g/mol. The third-order valence-electron chi connectivity index (χ3n) is 2.31. The number of rotatable bonds is 10. The smallest absolute Gasteiger partial charge is 0.161 e. The Morgan fingerprint density at radius 1 is 0.889 bits per heavy atom. The fourth-order valence-corrected chi connectivity index (χ4v) is 1.49. The van der Waals surface area contributed by atoms with Crippen LogP contribution in [0.25, 0.3) is 0 Å². The summed E-state index contributed by atoms with van der Waals surface area (Å²) < 4.78 is 16.4. The molecule has 0 spiro atoms. The third-order valence-corrected chi connectivity index (χ3v) is 2.31. The summed E-state index contributed by atoms with van der Waals surface area (Å²) >= 11 is 0. The predicted octanol–water partition coefficient (Wildman–Crippen LogP) is 2.09. The van der Waals surface area contributed by atoms with Crippen LogP contribution in [0.2, 0.25) is 0 Å². The predicted molar refractivity (Wildman–Crippen MR) is 72.5 cm³/mol. The number of hydrogen-bond acceptors (Lipinski definition) is 4. The first kappa shape index (κ1) is 14.8. The second kappa shape index (κ2) is 9.74. The van der Waals surface area contributed by atoms with E-state index in [9.17, 15) is 0 Å². The quantitative estimate of drug-likeness (QED) is 0.648. The summed E-state index contributed by atoms with van der Waals surface area (Å²) in [6, 6.07) is 7.73. The number of ether oxygens (including phenoxy) is 3. The fourth-order valence-electron chi connectivity index (χ4n) is 1.49. The van der Waals surface area contributed by atoms with E-state index in [-0.39, 0.29) is 0 Å². The van der Waals surface area contributed by atoms with Crippen molar-refractivity contribution in [3.63, 3.8) is 0 Å². The van der Waals surface area contributed by atoms with E-state index in [1.54, 1.807) is 0 Å². The molecule has 0 aliphatic heterocycles. The summed E-state index contributed by atoms with van der Waals surface area (Å²) in [4.78, 5) is 0. The summed E-state index contributed by atoms with van der Waals surface area (Å²) in [6.07, 6.45) is 0. The van der Waals surface area contributed by atoms with Gasteiger partial charge in [0.25, 0.3) is 0 Å². The zero-order chi connectivity index (χ0) is 13.1. The first-order chi connectivity index (χ1) is 8.88. The minimum atomic E-state index is 0.621. The van der Waals surface area contributed by atoms with Crippen molar-refractivity contribution in [3.05, 3.63) is 24.3 Å². The lowest BCUT2D eigenvalue weighted by Gasteiger charge is -2.11. The van der Waals surface area contributed by atoms with Crippen molar-refractivity contribution in [3.8, 4) is 11.5 Å². The summed E-state index contributed by atoms with van der Waals surface area (Å²) in [5, 5.41) is 3.25. The molecule has 1 N–H and O–H groups in total. The average molecular weight is 253 g/mol. The Kier molecular flexibility index (Phi) is 8.01. The lowest BCUT2D eigenvalue weighted by atomic mass is 10.3. The van der Waals surface area contributed by atoms with Crippen LogP contribution in [0.3, 0.4) is 0 Å². The van der Waals surface area contributed by atoms with Gasteiger partial charge in [-0.2, -0.15) is 0 Å². The first-order valence-electron chi connectivity index (χ1n) is 6.51. The number of nitrogens with one attached hydrogen (secondary N) is 1. The average Bonchev–Trinajstić information content (AvgIpc) is 2.40. The molecule has 0 aliphatic carbocycles. The van der Waals surface area contributed by atoms with E-state index in [1.165, 1.54) is 0 Å². The van der Waals surface area contributed by atoms with Crippen LogP contribution in [0.4, 0.5) is 0 Å². The molecule has 0 aliphatic rings. The monoisotopic (exact) mass is 253 g/mol. The Bertz CT molecular complexity index is 318. The van der Waals surface area contributed by atoms with Crippen molar-refractivity contribution in [2.24, 2.45) is 0 Å². The molecule has 0 saturated heterocycles. The second-order valence-electron chi connectivity index (χ2n) is 3.68. The molecule has 0 atom stereocenters. The van der Waals surface area contributed by atoms with Crippen LogP contribution in [0.15, 0.2) is 24.3 Å². The van der Waals surface area contributed by atoms with Gasteiger partial charge in [-0.1, -0.05) is 12.1 Å². The van der Waals surface area contributed by atoms with E-state index in [4.69, 9.17) is 14.2 Å². The Hall–Kier alpha value is -1.26. The van der Waals surface area contributed by atoms with E-state index in [0.717, 1.165) is 37.8 Å². The molecular formula is C14H23NO3. The number of benzene rings is 1. The molecule has 4 nitrogen and oxygen atoms in total. The van der Waals surface area contributed by atoms with Crippen LogP contribution in [0, 0.1) is 0 Å². The highest BCUT2D eigenvalue weighted by molar-refractivity contribution is 5.39. The van der Waals surface area contributed by atoms with Crippen molar-refractivity contribution in [2.45, 2.75) is 13.8 Å². The van der Waals surface area contributed by atoms with Gasteiger partial charge in [-0.05, 0) is 26.0 Å². The second-order valence-corrected chi connectivity index (χ2v) is 3.68. The van der Waals surface area contributed by atoms with Crippen LogP contribution in [-0.2, 0) is 4.74 Å². The van der Waals surface area contributed by atoms with Gasteiger partial charge in [0, 0.05) is 19.7 Å². The molecule has 102 valence electrons. The normalized spacial score (nSPS) is 10.3. The van der Waals surface area contributed by atoms with E-state index in [2.05, 4.69) is 5.32 Å². The molecule has 0 unspecified atom stereocenters. The molecule has 1 aromatic carbocycles. The van der Waals surface area contributed by atoms with Gasteiger partial charge in [-0.25, -0.2) is 0 Å². The van der Waals surface area contributed by atoms with Crippen molar-refractivity contribution in [1.82, 2.24) is 5.32 Å². The van der Waals surface area contributed by atoms with Gasteiger partial charge < -0.3 is 19.5 Å². The third kappa shape index (κ3) is 5.89. The Balaban J connectivity index is 2.18. The minimum absolute atomic E-state index is 0.621. The van der Waals surface area contributed by atoms with Gasteiger partial charge in [0.1, 0.15) is 6.61 Å². The highest BCUT2D eigenvalue weighted by atomic mass is 16.5. The molecule has 1 aromatic rings. The molecule has 1 rings (SSSR count). The summed E-state index contributed by atoms with van der Waals surface area (Å²) in [5.41, 5.74) is 0. The molecule has 0 aromatic heterocycles. The van der Waals surface area contributed by atoms with E-state index in [0.29, 0.717) is 13.2 Å². The molecule has 0 radical (unpaired) electrons. The lowest BCUT2D eigenvalue weighted by molar-refractivity contribution is 0.148. The van der Waals surface area contributed by atoms with Crippen molar-refractivity contribution in [1.29, 1.82) is 0 Å². The van der Waals surface area contributed by atoms with Gasteiger partial charge in [-0.3, -0.25) is 0 Å². The Morgan fingerprint density at radius 2 is 1.56 bits per heavy atom. The van der Waals surface area contributed by atoms with Gasteiger partial charge in [0.05, 0.1) is 13.2 Å². The molecule has 0 heterocycles. The molecule has 0 fully saturated rings. The van der Waals surface area contributed by atoms with Crippen molar-refractivity contribution in [2.75, 3.05) is 39.5 Å². The minimum Gasteiger partial charge on any atom is -0.490 e. The van der Waals surface area contributed by atoms with Crippen LogP contribution < -0.4 is 14.8 Å². The molecule has 0 saturated carbocycles. The van der Waals surface area contributed by atoms with E-state index < -0.39 is 0 Å².